The molecule has 0 saturated carbocycles. The molecule has 0 unspecified atom stereocenters. The number of hydrogen-bond donors (Lipinski definition) is 2. The standard InChI is InChI=1S/C13H21NOS2/c1-2-3-12(11-4-6-16-8-11)14-9-13(15)5-7-17-10-13/h4,6,8,12,14-15H,2-3,5,7,9-10H2,1H3/t12-,13-/m0/s1. The van der Waals surface area contributed by atoms with Gasteiger partial charge in [0.05, 0.1) is 5.60 Å². The Kier molecular flexibility index (Phi) is 4.91. The summed E-state index contributed by atoms with van der Waals surface area (Å²) in [5.74, 6) is 1.97. The predicted molar refractivity (Wildman–Crippen MR) is 76.9 cm³/mol. The van der Waals surface area contributed by atoms with Crippen molar-refractivity contribution in [2.45, 2.75) is 37.8 Å². The number of aliphatic hydroxyl groups is 1. The topological polar surface area (TPSA) is 32.3 Å². The average molecular weight is 271 g/mol. The number of thiophene rings is 1. The summed E-state index contributed by atoms with van der Waals surface area (Å²) in [5.41, 5.74) is 0.887. The molecular weight excluding hydrogens is 250 g/mol. The summed E-state index contributed by atoms with van der Waals surface area (Å²) in [6.07, 6.45) is 3.23. The van der Waals surface area contributed by atoms with Gasteiger partial charge in [0.1, 0.15) is 0 Å². The molecule has 1 aromatic heterocycles. The molecule has 1 aromatic rings. The smallest absolute Gasteiger partial charge is 0.0869 e. The molecule has 0 radical (unpaired) electrons. The zero-order chi connectivity index (χ0) is 12.1. The van der Waals surface area contributed by atoms with Crippen LogP contribution in [0.25, 0.3) is 0 Å². The summed E-state index contributed by atoms with van der Waals surface area (Å²) < 4.78 is 0. The van der Waals surface area contributed by atoms with E-state index in [1.807, 2.05) is 11.8 Å². The summed E-state index contributed by atoms with van der Waals surface area (Å²) in [4.78, 5) is 0. The monoisotopic (exact) mass is 271 g/mol. The van der Waals surface area contributed by atoms with Gasteiger partial charge in [-0.15, -0.1) is 0 Å². The van der Waals surface area contributed by atoms with Crippen molar-refractivity contribution in [1.82, 2.24) is 5.32 Å². The van der Waals surface area contributed by atoms with Gasteiger partial charge in [-0.05, 0) is 41.0 Å². The Hall–Kier alpha value is -0.0300. The van der Waals surface area contributed by atoms with E-state index in [9.17, 15) is 5.11 Å². The van der Waals surface area contributed by atoms with Crippen molar-refractivity contribution in [3.63, 3.8) is 0 Å². The van der Waals surface area contributed by atoms with Crippen LogP contribution in [0, 0.1) is 0 Å². The van der Waals surface area contributed by atoms with Gasteiger partial charge in [-0.2, -0.15) is 23.1 Å². The molecule has 0 spiro atoms. The minimum atomic E-state index is -0.479. The van der Waals surface area contributed by atoms with Crippen LogP contribution in [0.5, 0.6) is 0 Å². The van der Waals surface area contributed by atoms with Gasteiger partial charge in [0.2, 0.25) is 0 Å². The van der Waals surface area contributed by atoms with Crippen molar-refractivity contribution in [2.75, 3.05) is 18.1 Å². The van der Waals surface area contributed by atoms with E-state index in [0.29, 0.717) is 6.04 Å². The molecule has 0 amide bonds. The maximum atomic E-state index is 10.3. The second-order valence-corrected chi connectivity index (χ2v) is 6.69. The minimum absolute atomic E-state index is 0.404. The summed E-state index contributed by atoms with van der Waals surface area (Å²) in [7, 11) is 0. The lowest BCUT2D eigenvalue weighted by atomic mass is 10.0. The molecule has 96 valence electrons. The number of nitrogens with one attached hydrogen (secondary N) is 1. The van der Waals surface area contributed by atoms with E-state index in [0.717, 1.165) is 30.9 Å². The Balaban J connectivity index is 1.89. The first kappa shape index (κ1) is 13.4. The Morgan fingerprint density at radius 2 is 2.47 bits per heavy atom. The van der Waals surface area contributed by atoms with Crippen LogP contribution in [0.15, 0.2) is 16.8 Å². The molecular formula is C13H21NOS2. The van der Waals surface area contributed by atoms with Crippen LogP contribution in [0.2, 0.25) is 0 Å². The second kappa shape index (κ2) is 6.23. The van der Waals surface area contributed by atoms with Crippen LogP contribution >= 0.6 is 23.1 Å². The van der Waals surface area contributed by atoms with E-state index in [1.165, 1.54) is 12.0 Å². The molecule has 2 atom stereocenters. The third-order valence-corrected chi connectivity index (χ3v) is 5.22. The van der Waals surface area contributed by atoms with Crippen LogP contribution in [-0.4, -0.2) is 28.8 Å². The lowest BCUT2D eigenvalue weighted by Crippen LogP contribution is -2.41. The van der Waals surface area contributed by atoms with Crippen molar-refractivity contribution in [3.05, 3.63) is 22.4 Å². The van der Waals surface area contributed by atoms with Gasteiger partial charge in [0.15, 0.2) is 0 Å². The van der Waals surface area contributed by atoms with E-state index in [4.69, 9.17) is 0 Å². The van der Waals surface area contributed by atoms with Crippen LogP contribution in [-0.2, 0) is 0 Å². The van der Waals surface area contributed by atoms with Crippen molar-refractivity contribution in [3.8, 4) is 0 Å². The molecule has 4 heteroatoms. The Morgan fingerprint density at radius 3 is 3.06 bits per heavy atom. The Labute approximate surface area is 112 Å². The lowest BCUT2D eigenvalue weighted by molar-refractivity contribution is 0.0641. The fourth-order valence-electron chi connectivity index (χ4n) is 2.20. The molecule has 2 nitrogen and oxygen atoms in total. The SMILES string of the molecule is CCC[C@H](NC[C@@]1(O)CCSC1)c1ccsc1. The van der Waals surface area contributed by atoms with Crippen molar-refractivity contribution in [2.24, 2.45) is 0 Å². The van der Waals surface area contributed by atoms with E-state index >= 15 is 0 Å². The molecule has 2 heterocycles. The molecule has 0 aromatic carbocycles. The highest BCUT2D eigenvalue weighted by molar-refractivity contribution is 7.99. The highest BCUT2D eigenvalue weighted by atomic mass is 32.2. The van der Waals surface area contributed by atoms with E-state index in [-0.39, 0.29) is 0 Å². The van der Waals surface area contributed by atoms with Crippen LogP contribution in [0.3, 0.4) is 0 Å². The molecule has 17 heavy (non-hydrogen) atoms. The fourth-order valence-corrected chi connectivity index (χ4v) is 4.21. The molecule has 1 aliphatic heterocycles. The maximum Gasteiger partial charge on any atom is 0.0869 e. The third-order valence-electron chi connectivity index (χ3n) is 3.28. The molecule has 0 aliphatic carbocycles. The molecule has 1 saturated heterocycles. The first-order valence-electron chi connectivity index (χ1n) is 6.29. The Morgan fingerprint density at radius 1 is 1.59 bits per heavy atom. The first-order chi connectivity index (χ1) is 8.23. The number of rotatable bonds is 6. The maximum absolute atomic E-state index is 10.3. The zero-order valence-electron chi connectivity index (χ0n) is 10.3. The first-order valence-corrected chi connectivity index (χ1v) is 8.39. The van der Waals surface area contributed by atoms with Gasteiger partial charge in [-0.25, -0.2) is 0 Å². The summed E-state index contributed by atoms with van der Waals surface area (Å²) in [5, 5.41) is 18.2. The highest BCUT2D eigenvalue weighted by Gasteiger charge is 2.32. The summed E-state index contributed by atoms with van der Waals surface area (Å²) in [6, 6.07) is 2.59. The summed E-state index contributed by atoms with van der Waals surface area (Å²) in [6.45, 7) is 2.93. The Bertz CT molecular complexity index is 320. The van der Waals surface area contributed by atoms with Crippen molar-refractivity contribution >= 4 is 23.1 Å². The van der Waals surface area contributed by atoms with Gasteiger partial charge in [-0.1, -0.05) is 13.3 Å². The largest absolute Gasteiger partial charge is 0.388 e. The highest BCUT2D eigenvalue weighted by Crippen LogP contribution is 2.28. The normalized spacial score (nSPS) is 26.2. The van der Waals surface area contributed by atoms with Crippen molar-refractivity contribution < 1.29 is 5.11 Å². The molecule has 2 N–H and O–H groups in total. The average Bonchev–Trinajstić information content (AvgIpc) is 2.96. The van der Waals surface area contributed by atoms with Gasteiger partial charge in [0, 0.05) is 18.3 Å². The third kappa shape index (κ3) is 3.71. The lowest BCUT2D eigenvalue weighted by Gasteiger charge is -2.26. The van der Waals surface area contributed by atoms with E-state index < -0.39 is 5.60 Å². The predicted octanol–water partition coefficient (Wildman–Crippen LogP) is 3.05. The minimum Gasteiger partial charge on any atom is -0.388 e. The van der Waals surface area contributed by atoms with Gasteiger partial charge in [0.25, 0.3) is 0 Å². The molecule has 2 rings (SSSR count). The van der Waals surface area contributed by atoms with Crippen LogP contribution in [0.4, 0.5) is 0 Å². The quantitative estimate of drug-likeness (QED) is 0.834. The second-order valence-electron chi connectivity index (χ2n) is 4.81. The number of thioether (sulfide) groups is 1. The van der Waals surface area contributed by atoms with Crippen LogP contribution in [0.1, 0.15) is 37.8 Å². The van der Waals surface area contributed by atoms with E-state index in [2.05, 4.69) is 29.1 Å². The molecule has 1 fully saturated rings. The van der Waals surface area contributed by atoms with Crippen molar-refractivity contribution in [1.29, 1.82) is 0 Å². The van der Waals surface area contributed by atoms with Gasteiger partial charge in [-0.3, -0.25) is 0 Å². The number of hydrogen-bond acceptors (Lipinski definition) is 4. The molecule has 0 bridgehead atoms. The van der Waals surface area contributed by atoms with E-state index in [1.54, 1.807) is 11.3 Å². The van der Waals surface area contributed by atoms with Crippen LogP contribution < -0.4 is 5.32 Å². The zero-order valence-corrected chi connectivity index (χ0v) is 11.9. The van der Waals surface area contributed by atoms with Gasteiger partial charge < -0.3 is 10.4 Å². The fraction of sp³-hybridized carbons (Fsp3) is 0.692. The van der Waals surface area contributed by atoms with Gasteiger partial charge >= 0.3 is 0 Å². The molecule has 1 aliphatic rings. The summed E-state index contributed by atoms with van der Waals surface area (Å²) >= 11 is 3.60.